The summed E-state index contributed by atoms with van der Waals surface area (Å²) in [5.74, 6) is 0.664. The van der Waals surface area contributed by atoms with E-state index in [1.165, 1.54) is 5.56 Å². The van der Waals surface area contributed by atoms with Crippen LogP contribution >= 0.6 is 0 Å². The minimum absolute atomic E-state index is 0.269. The van der Waals surface area contributed by atoms with Crippen LogP contribution in [0.5, 0.6) is 0 Å². The molecule has 0 aliphatic carbocycles. The van der Waals surface area contributed by atoms with Gasteiger partial charge in [0.1, 0.15) is 0 Å². The third kappa shape index (κ3) is 4.09. The number of aliphatic hydroxyl groups excluding tert-OH is 1. The Morgan fingerprint density at radius 1 is 1.28 bits per heavy atom. The Kier molecular flexibility index (Phi) is 5.17. The summed E-state index contributed by atoms with van der Waals surface area (Å²) in [4.78, 5) is 2.50. The normalized spacial score (nSPS) is 25.9. The standard InChI is InChI=1S/C15H24N2O/c1-13-9-16-15(7-8-18)12-17(10-13)11-14-5-3-2-4-6-14/h2-6,13,15-16,18H,7-12H2,1H3. The number of aliphatic hydroxyl groups is 1. The predicted octanol–water partition coefficient (Wildman–Crippen LogP) is 1.48. The second-order valence-corrected chi connectivity index (χ2v) is 5.40. The molecular weight excluding hydrogens is 224 g/mol. The van der Waals surface area contributed by atoms with Gasteiger partial charge in [0.2, 0.25) is 0 Å². The Morgan fingerprint density at radius 2 is 2.06 bits per heavy atom. The largest absolute Gasteiger partial charge is 0.396 e. The van der Waals surface area contributed by atoms with Gasteiger partial charge in [0, 0.05) is 32.3 Å². The predicted molar refractivity (Wildman–Crippen MR) is 74.4 cm³/mol. The van der Waals surface area contributed by atoms with Gasteiger partial charge in [0.15, 0.2) is 0 Å². The minimum atomic E-state index is 0.269. The summed E-state index contributed by atoms with van der Waals surface area (Å²) in [6, 6.07) is 11.0. The lowest BCUT2D eigenvalue weighted by Gasteiger charge is -2.24. The molecule has 0 saturated carbocycles. The van der Waals surface area contributed by atoms with Gasteiger partial charge in [-0.15, -0.1) is 0 Å². The summed E-state index contributed by atoms with van der Waals surface area (Å²) in [6.07, 6.45) is 0.845. The Bertz CT molecular complexity index is 342. The molecule has 1 heterocycles. The average molecular weight is 248 g/mol. The first kappa shape index (κ1) is 13.5. The third-order valence-electron chi connectivity index (χ3n) is 3.53. The fourth-order valence-corrected chi connectivity index (χ4v) is 2.64. The number of nitrogens with one attached hydrogen (secondary N) is 1. The van der Waals surface area contributed by atoms with Crippen molar-refractivity contribution in [1.82, 2.24) is 10.2 Å². The maximum absolute atomic E-state index is 9.09. The molecule has 0 bridgehead atoms. The van der Waals surface area contributed by atoms with Crippen molar-refractivity contribution in [2.45, 2.75) is 25.9 Å². The molecule has 0 aromatic heterocycles. The topological polar surface area (TPSA) is 35.5 Å². The van der Waals surface area contributed by atoms with Crippen LogP contribution in [0.2, 0.25) is 0 Å². The first-order valence-electron chi connectivity index (χ1n) is 6.88. The van der Waals surface area contributed by atoms with E-state index in [1.807, 2.05) is 0 Å². The van der Waals surface area contributed by atoms with Crippen molar-refractivity contribution in [2.24, 2.45) is 5.92 Å². The molecular formula is C15H24N2O. The molecule has 3 heteroatoms. The van der Waals surface area contributed by atoms with Crippen LogP contribution in [0.3, 0.4) is 0 Å². The lowest BCUT2D eigenvalue weighted by molar-refractivity contribution is 0.215. The highest BCUT2D eigenvalue weighted by molar-refractivity contribution is 5.14. The van der Waals surface area contributed by atoms with Crippen molar-refractivity contribution in [1.29, 1.82) is 0 Å². The van der Waals surface area contributed by atoms with Gasteiger partial charge in [-0.1, -0.05) is 37.3 Å². The highest BCUT2D eigenvalue weighted by Crippen LogP contribution is 2.12. The summed E-state index contributed by atoms with van der Waals surface area (Å²) in [6.45, 7) is 6.77. The maximum Gasteiger partial charge on any atom is 0.0446 e. The molecule has 3 nitrogen and oxygen atoms in total. The smallest absolute Gasteiger partial charge is 0.0446 e. The molecule has 1 saturated heterocycles. The molecule has 0 radical (unpaired) electrons. The van der Waals surface area contributed by atoms with Crippen molar-refractivity contribution in [2.75, 3.05) is 26.2 Å². The van der Waals surface area contributed by atoms with E-state index in [0.29, 0.717) is 12.0 Å². The quantitative estimate of drug-likeness (QED) is 0.847. The molecule has 18 heavy (non-hydrogen) atoms. The minimum Gasteiger partial charge on any atom is -0.396 e. The SMILES string of the molecule is CC1CNC(CCO)CN(Cc2ccccc2)C1. The van der Waals surface area contributed by atoms with Crippen LogP contribution in [-0.2, 0) is 6.54 Å². The molecule has 0 amide bonds. The van der Waals surface area contributed by atoms with Crippen LogP contribution in [0.4, 0.5) is 0 Å². The van der Waals surface area contributed by atoms with E-state index >= 15 is 0 Å². The van der Waals surface area contributed by atoms with Crippen LogP contribution in [0.15, 0.2) is 30.3 Å². The monoisotopic (exact) mass is 248 g/mol. The third-order valence-corrected chi connectivity index (χ3v) is 3.53. The van der Waals surface area contributed by atoms with Gasteiger partial charge in [-0.3, -0.25) is 4.90 Å². The van der Waals surface area contributed by atoms with Crippen LogP contribution in [0.25, 0.3) is 0 Å². The first-order valence-corrected chi connectivity index (χ1v) is 6.88. The fourth-order valence-electron chi connectivity index (χ4n) is 2.64. The summed E-state index contributed by atoms with van der Waals surface area (Å²) in [5.41, 5.74) is 1.37. The van der Waals surface area contributed by atoms with Crippen molar-refractivity contribution in [3.05, 3.63) is 35.9 Å². The molecule has 1 aromatic rings. The average Bonchev–Trinajstić information content (AvgIpc) is 2.53. The van der Waals surface area contributed by atoms with Crippen molar-refractivity contribution >= 4 is 0 Å². The number of nitrogens with zero attached hydrogens (tertiary/aromatic N) is 1. The molecule has 1 aliphatic heterocycles. The Balaban J connectivity index is 1.96. The maximum atomic E-state index is 9.09. The molecule has 2 unspecified atom stereocenters. The Morgan fingerprint density at radius 3 is 2.78 bits per heavy atom. The number of benzene rings is 1. The van der Waals surface area contributed by atoms with Gasteiger partial charge < -0.3 is 10.4 Å². The summed E-state index contributed by atoms with van der Waals surface area (Å²) >= 11 is 0. The molecule has 2 atom stereocenters. The van der Waals surface area contributed by atoms with Crippen molar-refractivity contribution < 1.29 is 5.11 Å². The van der Waals surface area contributed by atoms with E-state index in [0.717, 1.165) is 32.6 Å². The number of hydrogen-bond acceptors (Lipinski definition) is 3. The van der Waals surface area contributed by atoms with E-state index in [-0.39, 0.29) is 6.61 Å². The zero-order chi connectivity index (χ0) is 12.8. The molecule has 1 aromatic carbocycles. The van der Waals surface area contributed by atoms with Crippen molar-refractivity contribution in [3.63, 3.8) is 0 Å². The molecule has 0 spiro atoms. The lowest BCUT2D eigenvalue weighted by Crippen LogP contribution is -2.38. The van der Waals surface area contributed by atoms with Crippen LogP contribution in [-0.4, -0.2) is 42.3 Å². The van der Waals surface area contributed by atoms with E-state index in [9.17, 15) is 0 Å². The highest BCUT2D eigenvalue weighted by Gasteiger charge is 2.20. The first-order chi connectivity index (χ1) is 8.78. The van der Waals surface area contributed by atoms with E-state index in [4.69, 9.17) is 5.11 Å². The molecule has 1 fully saturated rings. The second-order valence-electron chi connectivity index (χ2n) is 5.40. The fraction of sp³-hybridized carbons (Fsp3) is 0.600. The number of rotatable bonds is 4. The van der Waals surface area contributed by atoms with Crippen molar-refractivity contribution in [3.8, 4) is 0 Å². The lowest BCUT2D eigenvalue weighted by atomic mass is 10.1. The van der Waals surface area contributed by atoms with E-state index in [2.05, 4.69) is 47.5 Å². The summed E-state index contributed by atoms with van der Waals surface area (Å²) in [7, 11) is 0. The zero-order valence-corrected chi connectivity index (χ0v) is 11.2. The van der Waals surface area contributed by atoms with E-state index in [1.54, 1.807) is 0 Å². The Labute approximate surface area is 110 Å². The van der Waals surface area contributed by atoms with Gasteiger partial charge in [0.05, 0.1) is 0 Å². The van der Waals surface area contributed by atoms with Crippen LogP contribution in [0.1, 0.15) is 18.9 Å². The second kappa shape index (κ2) is 6.88. The summed E-state index contributed by atoms with van der Waals surface area (Å²) in [5, 5.41) is 12.6. The molecule has 2 N–H and O–H groups in total. The van der Waals surface area contributed by atoms with Gasteiger partial charge in [0.25, 0.3) is 0 Å². The number of hydrogen-bond donors (Lipinski definition) is 2. The Hall–Kier alpha value is -0.900. The zero-order valence-electron chi connectivity index (χ0n) is 11.2. The van der Waals surface area contributed by atoms with E-state index < -0.39 is 0 Å². The van der Waals surface area contributed by atoms with Gasteiger partial charge >= 0.3 is 0 Å². The van der Waals surface area contributed by atoms with Gasteiger partial charge in [-0.25, -0.2) is 0 Å². The molecule has 2 rings (SSSR count). The highest BCUT2D eigenvalue weighted by atomic mass is 16.3. The van der Waals surface area contributed by atoms with Crippen LogP contribution < -0.4 is 5.32 Å². The van der Waals surface area contributed by atoms with Gasteiger partial charge in [-0.2, -0.15) is 0 Å². The van der Waals surface area contributed by atoms with Crippen LogP contribution in [0, 0.1) is 5.92 Å². The molecule has 100 valence electrons. The summed E-state index contributed by atoms with van der Waals surface area (Å²) < 4.78 is 0. The van der Waals surface area contributed by atoms with Gasteiger partial charge in [-0.05, 0) is 24.4 Å². The molecule has 1 aliphatic rings.